The molecule has 1 aliphatic rings. The maximum atomic E-state index is 12.0. The van der Waals surface area contributed by atoms with Gasteiger partial charge in [0.2, 0.25) is 0 Å². The van der Waals surface area contributed by atoms with Crippen LogP contribution in [0.4, 0.5) is 0 Å². The number of nitrogens with one attached hydrogen (secondary N) is 1. The van der Waals surface area contributed by atoms with E-state index in [2.05, 4.69) is 5.32 Å². The van der Waals surface area contributed by atoms with Crippen LogP contribution in [0.15, 0.2) is 30.3 Å². The van der Waals surface area contributed by atoms with E-state index in [1.165, 1.54) is 0 Å². The van der Waals surface area contributed by atoms with Gasteiger partial charge in [-0.2, -0.15) is 0 Å². The molecule has 1 saturated heterocycles. The van der Waals surface area contributed by atoms with E-state index in [-0.39, 0.29) is 18.1 Å². The van der Waals surface area contributed by atoms with Crippen molar-refractivity contribution in [1.82, 2.24) is 5.32 Å². The largest absolute Gasteiger partial charge is 0.494 e. The van der Waals surface area contributed by atoms with Gasteiger partial charge in [-0.05, 0) is 51.3 Å². The Morgan fingerprint density at radius 2 is 2.05 bits per heavy atom. The molecule has 0 aromatic heterocycles. The maximum Gasteiger partial charge on any atom is 0.323 e. The number of para-hydroxylation sites is 1. The molecule has 122 valence electrons. The highest BCUT2D eigenvalue weighted by atomic mass is 16.5. The van der Waals surface area contributed by atoms with Crippen molar-refractivity contribution in [3.63, 3.8) is 0 Å². The van der Waals surface area contributed by atoms with Crippen molar-refractivity contribution < 1.29 is 14.3 Å². The van der Waals surface area contributed by atoms with Crippen LogP contribution in [0.2, 0.25) is 0 Å². The molecule has 22 heavy (non-hydrogen) atoms. The molecule has 0 bridgehead atoms. The Kier molecular flexibility index (Phi) is 6.72. The minimum absolute atomic E-state index is 0.0248. The highest BCUT2D eigenvalue weighted by Crippen LogP contribution is 2.24. The topological polar surface area (TPSA) is 47.6 Å². The SMILES string of the molecule is CN[C@H]1CCCC(CCOc2ccccc2)CC(C)OC1=O. The summed E-state index contributed by atoms with van der Waals surface area (Å²) in [7, 11) is 1.82. The van der Waals surface area contributed by atoms with E-state index in [1.54, 1.807) is 0 Å². The fourth-order valence-corrected chi connectivity index (χ4v) is 3.03. The standard InChI is InChI=1S/C18H27NO3/c1-14-13-15(7-6-10-17(19-2)18(20)22-14)11-12-21-16-8-4-3-5-9-16/h3-5,8-9,14-15,17,19H,6-7,10-13H2,1-2H3/t14?,15?,17-/m0/s1. The maximum absolute atomic E-state index is 12.0. The molecule has 4 heteroatoms. The van der Waals surface area contributed by atoms with Crippen LogP contribution in [0.3, 0.4) is 0 Å². The first-order valence-electron chi connectivity index (χ1n) is 8.24. The molecule has 2 unspecified atom stereocenters. The molecule has 1 N–H and O–H groups in total. The van der Waals surface area contributed by atoms with Crippen molar-refractivity contribution in [2.24, 2.45) is 5.92 Å². The first kappa shape index (κ1) is 16.8. The van der Waals surface area contributed by atoms with Gasteiger partial charge in [-0.1, -0.05) is 31.0 Å². The lowest BCUT2D eigenvalue weighted by Crippen LogP contribution is -2.36. The minimum Gasteiger partial charge on any atom is -0.494 e. The van der Waals surface area contributed by atoms with Crippen molar-refractivity contribution in [3.8, 4) is 5.75 Å². The van der Waals surface area contributed by atoms with Crippen molar-refractivity contribution in [3.05, 3.63) is 30.3 Å². The van der Waals surface area contributed by atoms with E-state index in [0.29, 0.717) is 12.5 Å². The lowest BCUT2D eigenvalue weighted by atomic mass is 9.92. The number of hydrogen-bond acceptors (Lipinski definition) is 4. The summed E-state index contributed by atoms with van der Waals surface area (Å²) >= 11 is 0. The molecule has 1 aromatic carbocycles. The van der Waals surface area contributed by atoms with E-state index in [9.17, 15) is 4.79 Å². The molecule has 0 amide bonds. The zero-order valence-corrected chi connectivity index (χ0v) is 13.6. The Hall–Kier alpha value is -1.55. The summed E-state index contributed by atoms with van der Waals surface area (Å²) in [6, 6.07) is 9.74. The van der Waals surface area contributed by atoms with Gasteiger partial charge in [-0.15, -0.1) is 0 Å². The summed E-state index contributed by atoms with van der Waals surface area (Å²) in [5.41, 5.74) is 0. The zero-order valence-electron chi connectivity index (χ0n) is 13.6. The van der Waals surface area contributed by atoms with Crippen LogP contribution in [-0.2, 0) is 9.53 Å². The van der Waals surface area contributed by atoms with Gasteiger partial charge >= 0.3 is 5.97 Å². The van der Waals surface area contributed by atoms with E-state index in [1.807, 2.05) is 44.3 Å². The highest BCUT2D eigenvalue weighted by Gasteiger charge is 2.25. The van der Waals surface area contributed by atoms with Crippen LogP contribution >= 0.6 is 0 Å². The second kappa shape index (κ2) is 8.79. The summed E-state index contributed by atoms with van der Waals surface area (Å²) in [6.45, 7) is 2.70. The van der Waals surface area contributed by atoms with Crippen molar-refractivity contribution >= 4 is 5.97 Å². The van der Waals surface area contributed by atoms with Gasteiger partial charge in [0.1, 0.15) is 11.8 Å². The van der Waals surface area contributed by atoms with Gasteiger partial charge in [0, 0.05) is 0 Å². The second-order valence-electron chi connectivity index (χ2n) is 6.07. The molecule has 1 heterocycles. The summed E-state index contributed by atoms with van der Waals surface area (Å²) < 4.78 is 11.3. The molecule has 0 radical (unpaired) electrons. The van der Waals surface area contributed by atoms with Gasteiger partial charge in [0.25, 0.3) is 0 Å². The lowest BCUT2D eigenvalue weighted by molar-refractivity contribution is -0.151. The number of carbonyl (C=O) groups excluding carboxylic acids is 1. The van der Waals surface area contributed by atoms with Crippen LogP contribution in [0.1, 0.15) is 39.0 Å². The molecular weight excluding hydrogens is 278 g/mol. The summed E-state index contributed by atoms with van der Waals surface area (Å²) in [5.74, 6) is 1.35. The molecule has 1 aliphatic heterocycles. The average Bonchev–Trinajstić information content (AvgIpc) is 2.57. The van der Waals surface area contributed by atoms with E-state index in [0.717, 1.165) is 37.9 Å². The highest BCUT2D eigenvalue weighted by molar-refractivity contribution is 5.75. The van der Waals surface area contributed by atoms with E-state index < -0.39 is 0 Å². The molecular formula is C18H27NO3. The Bertz CT molecular complexity index is 449. The predicted molar refractivity (Wildman–Crippen MR) is 86.9 cm³/mol. The first-order chi connectivity index (χ1) is 10.7. The number of ether oxygens (including phenoxy) is 2. The number of rotatable bonds is 5. The lowest BCUT2D eigenvalue weighted by Gasteiger charge is -2.20. The molecule has 3 atom stereocenters. The van der Waals surface area contributed by atoms with Gasteiger partial charge in [-0.3, -0.25) is 4.79 Å². The third-order valence-electron chi connectivity index (χ3n) is 4.26. The normalized spacial score (nSPS) is 26.5. The minimum atomic E-state index is -0.165. The Balaban J connectivity index is 1.81. The van der Waals surface area contributed by atoms with Crippen LogP contribution in [0, 0.1) is 5.92 Å². The summed E-state index contributed by atoms with van der Waals surface area (Å²) in [5, 5.41) is 3.05. The van der Waals surface area contributed by atoms with E-state index >= 15 is 0 Å². The number of cyclic esters (lactones) is 1. The molecule has 0 saturated carbocycles. The van der Waals surface area contributed by atoms with Crippen molar-refractivity contribution in [2.75, 3.05) is 13.7 Å². The molecule has 0 aliphatic carbocycles. The predicted octanol–water partition coefficient (Wildman–Crippen LogP) is 3.17. The molecule has 0 spiro atoms. The number of hydrogen-bond donors (Lipinski definition) is 1. The van der Waals surface area contributed by atoms with Crippen molar-refractivity contribution in [2.45, 2.75) is 51.2 Å². The van der Waals surface area contributed by atoms with Gasteiger partial charge in [0.15, 0.2) is 0 Å². The Morgan fingerprint density at radius 1 is 1.27 bits per heavy atom. The fraction of sp³-hybridized carbons (Fsp3) is 0.611. The quantitative estimate of drug-likeness (QED) is 0.849. The Morgan fingerprint density at radius 3 is 2.77 bits per heavy atom. The van der Waals surface area contributed by atoms with Gasteiger partial charge in [-0.25, -0.2) is 0 Å². The number of carbonyl (C=O) groups is 1. The fourth-order valence-electron chi connectivity index (χ4n) is 3.03. The summed E-state index contributed by atoms with van der Waals surface area (Å²) in [6.07, 6.45) is 4.91. The van der Waals surface area contributed by atoms with Gasteiger partial charge in [0.05, 0.1) is 12.7 Å². The third kappa shape index (κ3) is 5.34. The second-order valence-corrected chi connectivity index (χ2v) is 6.07. The van der Waals surface area contributed by atoms with Crippen LogP contribution in [0.25, 0.3) is 0 Å². The third-order valence-corrected chi connectivity index (χ3v) is 4.26. The Labute approximate surface area is 133 Å². The van der Waals surface area contributed by atoms with Crippen LogP contribution < -0.4 is 10.1 Å². The van der Waals surface area contributed by atoms with Gasteiger partial charge < -0.3 is 14.8 Å². The number of esters is 1. The number of likely N-dealkylation sites (N-methyl/N-ethyl adjacent to an activating group) is 1. The number of benzene rings is 1. The average molecular weight is 305 g/mol. The van der Waals surface area contributed by atoms with Crippen LogP contribution in [-0.4, -0.2) is 31.8 Å². The molecule has 2 rings (SSSR count). The zero-order chi connectivity index (χ0) is 15.8. The smallest absolute Gasteiger partial charge is 0.323 e. The monoisotopic (exact) mass is 305 g/mol. The molecule has 1 aromatic rings. The molecule has 1 fully saturated rings. The van der Waals surface area contributed by atoms with Crippen LogP contribution in [0.5, 0.6) is 5.75 Å². The molecule has 4 nitrogen and oxygen atoms in total. The van der Waals surface area contributed by atoms with E-state index in [4.69, 9.17) is 9.47 Å². The first-order valence-corrected chi connectivity index (χ1v) is 8.24. The summed E-state index contributed by atoms with van der Waals surface area (Å²) in [4.78, 5) is 12.0. The van der Waals surface area contributed by atoms with Crippen molar-refractivity contribution in [1.29, 1.82) is 0 Å².